The number of nitrogens with one attached hydrogen (secondary N) is 1. The van der Waals surface area contributed by atoms with Gasteiger partial charge in [0.05, 0.1) is 5.02 Å². The van der Waals surface area contributed by atoms with E-state index in [9.17, 15) is 4.79 Å². The largest absolute Gasteiger partial charge is 0.336 e. The molecule has 86 valence electrons. The Hall–Kier alpha value is -0.580. The Labute approximate surface area is 108 Å². The number of halogens is 2. The lowest BCUT2D eigenvalue weighted by Gasteiger charge is -2.27. The molecule has 0 bridgehead atoms. The molecule has 1 saturated heterocycles. The van der Waals surface area contributed by atoms with Crippen LogP contribution in [0.2, 0.25) is 5.02 Å². The van der Waals surface area contributed by atoms with Gasteiger partial charge in [-0.15, -0.1) is 0 Å². The summed E-state index contributed by atoms with van der Waals surface area (Å²) < 4.78 is 0.811. The van der Waals surface area contributed by atoms with Crippen LogP contribution in [-0.2, 0) is 0 Å². The van der Waals surface area contributed by atoms with Crippen molar-refractivity contribution < 1.29 is 4.79 Å². The Bertz CT molecular complexity index is 405. The summed E-state index contributed by atoms with van der Waals surface area (Å²) in [6.07, 6.45) is 0. The lowest BCUT2D eigenvalue weighted by Crippen LogP contribution is -2.46. The SMILES string of the molecule is O=C(c1ccc(Br)c(Cl)c1)N1CCNCC1. The van der Waals surface area contributed by atoms with Crippen molar-refractivity contribution in [1.29, 1.82) is 0 Å². The molecule has 0 spiro atoms. The molecule has 0 saturated carbocycles. The fourth-order valence-corrected chi connectivity index (χ4v) is 2.11. The first kappa shape index (κ1) is 11.9. The quantitative estimate of drug-likeness (QED) is 0.862. The number of benzene rings is 1. The minimum atomic E-state index is 0.0518. The molecular weight excluding hydrogens is 291 g/mol. The van der Waals surface area contributed by atoms with Crippen LogP contribution in [0.25, 0.3) is 0 Å². The standard InChI is InChI=1S/C11H12BrClN2O/c12-9-2-1-8(7-10(9)13)11(16)15-5-3-14-4-6-15/h1-2,7,14H,3-6H2. The van der Waals surface area contributed by atoms with Gasteiger partial charge in [-0.25, -0.2) is 0 Å². The summed E-state index contributed by atoms with van der Waals surface area (Å²) in [5.74, 6) is 0.0518. The average Bonchev–Trinajstić information content (AvgIpc) is 2.33. The highest BCUT2D eigenvalue weighted by Gasteiger charge is 2.18. The van der Waals surface area contributed by atoms with Crippen molar-refractivity contribution >= 4 is 33.4 Å². The molecule has 1 aromatic carbocycles. The van der Waals surface area contributed by atoms with Crippen LogP contribution in [0, 0.1) is 0 Å². The highest BCUT2D eigenvalue weighted by molar-refractivity contribution is 9.10. The normalized spacial score (nSPS) is 16.2. The van der Waals surface area contributed by atoms with Gasteiger partial charge in [0.1, 0.15) is 0 Å². The summed E-state index contributed by atoms with van der Waals surface area (Å²) >= 11 is 9.27. The van der Waals surface area contributed by atoms with Crippen LogP contribution < -0.4 is 5.32 Å². The molecule has 1 heterocycles. The topological polar surface area (TPSA) is 32.3 Å². The van der Waals surface area contributed by atoms with E-state index in [2.05, 4.69) is 21.2 Å². The van der Waals surface area contributed by atoms with E-state index < -0.39 is 0 Å². The predicted molar refractivity (Wildman–Crippen MR) is 67.9 cm³/mol. The maximum Gasteiger partial charge on any atom is 0.253 e. The fourth-order valence-electron chi connectivity index (χ4n) is 1.68. The number of carbonyl (C=O) groups excluding carboxylic acids is 1. The van der Waals surface area contributed by atoms with Crippen molar-refractivity contribution in [3.63, 3.8) is 0 Å². The van der Waals surface area contributed by atoms with Crippen LogP contribution in [0.4, 0.5) is 0 Å². The smallest absolute Gasteiger partial charge is 0.253 e. The van der Waals surface area contributed by atoms with Crippen molar-refractivity contribution in [1.82, 2.24) is 10.2 Å². The number of nitrogens with zero attached hydrogens (tertiary/aromatic N) is 1. The third-order valence-electron chi connectivity index (χ3n) is 2.57. The van der Waals surface area contributed by atoms with E-state index in [-0.39, 0.29) is 5.91 Å². The minimum Gasteiger partial charge on any atom is -0.336 e. The molecule has 3 nitrogen and oxygen atoms in total. The summed E-state index contributed by atoms with van der Waals surface area (Å²) in [4.78, 5) is 13.9. The molecule has 0 aliphatic carbocycles. The second-order valence-electron chi connectivity index (χ2n) is 3.67. The van der Waals surface area contributed by atoms with Crippen LogP contribution in [0.1, 0.15) is 10.4 Å². The summed E-state index contributed by atoms with van der Waals surface area (Å²) in [6.45, 7) is 3.23. The zero-order valence-electron chi connectivity index (χ0n) is 8.67. The Balaban J connectivity index is 2.16. The second kappa shape index (κ2) is 5.17. The Morgan fingerprint density at radius 3 is 2.69 bits per heavy atom. The number of rotatable bonds is 1. The van der Waals surface area contributed by atoms with Crippen LogP contribution in [0.15, 0.2) is 22.7 Å². The molecule has 1 aliphatic rings. The lowest BCUT2D eigenvalue weighted by molar-refractivity contribution is 0.0736. The van der Waals surface area contributed by atoms with Crippen molar-refractivity contribution in [2.45, 2.75) is 0 Å². The van der Waals surface area contributed by atoms with Gasteiger partial charge in [-0.2, -0.15) is 0 Å². The summed E-state index contributed by atoms with van der Waals surface area (Å²) in [6, 6.07) is 5.30. The van der Waals surface area contributed by atoms with E-state index in [1.165, 1.54) is 0 Å². The summed E-state index contributed by atoms with van der Waals surface area (Å²) in [5.41, 5.74) is 0.648. The first-order valence-electron chi connectivity index (χ1n) is 5.13. The third-order valence-corrected chi connectivity index (χ3v) is 3.80. The number of hydrogen-bond donors (Lipinski definition) is 1. The molecule has 0 unspecified atom stereocenters. The van der Waals surface area contributed by atoms with Crippen LogP contribution in [-0.4, -0.2) is 37.0 Å². The average molecular weight is 304 g/mol. The molecule has 0 radical (unpaired) electrons. The maximum absolute atomic E-state index is 12.1. The zero-order chi connectivity index (χ0) is 11.5. The van der Waals surface area contributed by atoms with Crippen molar-refractivity contribution in [3.05, 3.63) is 33.3 Å². The first-order valence-corrected chi connectivity index (χ1v) is 6.30. The molecule has 1 amide bonds. The Kier molecular flexibility index (Phi) is 3.84. The highest BCUT2D eigenvalue weighted by Crippen LogP contribution is 2.23. The van der Waals surface area contributed by atoms with Gasteiger partial charge in [0.2, 0.25) is 0 Å². The van der Waals surface area contributed by atoms with Gasteiger partial charge in [0.15, 0.2) is 0 Å². The fraction of sp³-hybridized carbons (Fsp3) is 0.364. The van der Waals surface area contributed by atoms with Crippen molar-refractivity contribution in [2.24, 2.45) is 0 Å². The predicted octanol–water partition coefficient (Wildman–Crippen LogP) is 2.15. The molecule has 0 atom stereocenters. The monoisotopic (exact) mass is 302 g/mol. The van der Waals surface area contributed by atoms with Gasteiger partial charge in [-0.05, 0) is 34.1 Å². The van der Waals surface area contributed by atoms with Crippen LogP contribution in [0.5, 0.6) is 0 Å². The molecular formula is C11H12BrClN2O. The highest BCUT2D eigenvalue weighted by atomic mass is 79.9. The number of hydrogen-bond acceptors (Lipinski definition) is 2. The van der Waals surface area contributed by atoms with E-state index in [1.807, 2.05) is 4.90 Å². The van der Waals surface area contributed by atoms with Gasteiger partial charge in [-0.1, -0.05) is 11.6 Å². The van der Waals surface area contributed by atoms with Gasteiger partial charge in [0.25, 0.3) is 5.91 Å². The van der Waals surface area contributed by atoms with E-state index in [0.29, 0.717) is 10.6 Å². The van der Waals surface area contributed by atoms with Crippen molar-refractivity contribution in [3.8, 4) is 0 Å². The van der Waals surface area contributed by atoms with E-state index in [0.717, 1.165) is 30.7 Å². The zero-order valence-corrected chi connectivity index (χ0v) is 11.0. The Morgan fingerprint density at radius 2 is 2.06 bits per heavy atom. The summed E-state index contributed by atoms with van der Waals surface area (Å²) in [5, 5.41) is 3.78. The molecule has 1 aliphatic heterocycles. The van der Waals surface area contributed by atoms with Gasteiger partial charge in [-0.3, -0.25) is 4.79 Å². The molecule has 0 aromatic heterocycles. The third kappa shape index (κ3) is 2.56. The summed E-state index contributed by atoms with van der Waals surface area (Å²) in [7, 11) is 0. The lowest BCUT2D eigenvalue weighted by atomic mass is 10.2. The van der Waals surface area contributed by atoms with Gasteiger partial charge >= 0.3 is 0 Å². The molecule has 1 aromatic rings. The number of carbonyl (C=O) groups is 1. The van der Waals surface area contributed by atoms with Crippen molar-refractivity contribution in [2.75, 3.05) is 26.2 Å². The van der Waals surface area contributed by atoms with Gasteiger partial charge in [0, 0.05) is 36.2 Å². The first-order chi connectivity index (χ1) is 7.68. The molecule has 2 rings (SSSR count). The van der Waals surface area contributed by atoms with E-state index in [4.69, 9.17) is 11.6 Å². The Morgan fingerprint density at radius 1 is 1.38 bits per heavy atom. The maximum atomic E-state index is 12.1. The minimum absolute atomic E-state index is 0.0518. The number of amides is 1. The van der Waals surface area contributed by atoms with E-state index >= 15 is 0 Å². The molecule has 1 N–H and O–H groups in total. The van der Waals surface area contributed by atoms with Crippen LogP contribution in [0.3, 0.4) is 0 Å². The number of piperazine rings is 1. The van der Waals surface area contributed by atoms with Gasteiger partial charge < -0.3 is 10.2 Å². The second-order valence-corrected chi connectivity index (χ2v) is 4.93. The molecule has 5 heteroatoms. The molecule has 16 heavy (non-hydrogen) atoms. The van der Waals surface area contributed by atoms with E-state index in [1.54, 1.807) is 18.2 Å². The molecule has 1 fully saturated rings. The van der Waals surface area contributed by atoms with Crippen LogP contribution >= 0.6 is 27.5 Å².